The van der Waals surface area contributed by atoms with Gasteiger partial charge in [-0.1, -0.05) is 18.2 Å². The summed E-state index contributed by atoms with van der Waals surface area (Å²) in [4.78, 5) is 11.1. The summed E-state index contributed by atoms with van der Waals surface area (Å²) < 4.78 is 8.15. The Morgan fingerprint density at radius 3 is 2.85 bits per heavy atom. The van der Waals surface area contributed by atoms with E-state index in [0.717, 1.165) is 21.1 Å². The molecule has 2 aromatic heterocycles. The van der Waals surface area contributed by atoms with Gasteiger partial charge in [0.15, 0.2) is 0 Å². The van der Waals surface area contributed by atoms with Crippen LogP contribution in [0.25, 0.3) is 10.9 Å². The third kappa shape index (κ3) is 1.94. The van der Waals surface area contributed by atoms with Crippen LogP contribution in [0.3, 0.4) is 0 Å². The Balaban J connectivity index is 2.14. The van der Waals surface area contributed by atoms with Crippen molar-refractivity contribution in [2.24, 2.45) is 0 Å². The molecule has 5 heteroatoms. The van der Waals surface area contributed by atoms with Gasteiger partial charge in [-0.15, -0.1) is 0 Å². The summed E-state index contributed by atoms with van der Waals surface area (Å²) in [7, 11) is 0. The largest absolute Gasteiger partial charge is 0.475 e. The number of rotatable bonds is 3. The standard InChI is InChI=1S/C15H12BrNO3/c1-9-13(16)11-4-2-3-5-12(11)17(9)8-10-6-7-20-14(10)15(18)19/h2-7H,8H2,1H3,(H,18,19). The highest BCUT2D eigenvalue weighted by molar-refractivity contribution is 9.10. The Kier molecular flexibility index (Phi) is 3.14. The number of hydrogen-bond donors (Lipinski definition) is 1. The first-order chi connectivity index (χ1) is 9.59. The average Bonchev–Trinajstić information content (AvgIpc) is 2.99. The smallest absolute Gasteiger partial charge is 0.372 e. The zero-order chi connectivity index (χ0) is 14.3. The van der Waals surface area contributed by atoms with Crippen LogP contribution in [0.15, 0.2) is 45.5 Å². The minimum absolute atomic E-state index is 0.00157. The van der Waals surface area contributed by atoms with Gasteiger partial charge in [0.2, 0.25) is 5.76 Å². The van der Waals surface area contributed by atoms with Gasteiger partial charge in [-0.25, -0.2) is 4.79 Å². The molecule has 1 aromatic carbocycles. The summed E-state index contributed by atoms with van der Waals surface area (Å²) >= 11 is 3.59. The van der Waals surface area contributed by atoms with Gasteiger partial charge in [0.1, 0.15) is 0 Å². The number of carboxylic acids is 1. The molecule has 0 spiro atoms. The summed E-state index contributed by atoms with van der Waals surface area (Å²) in [5, 5.41) is 10.2. The number of benzene rings is 1. The molecule has 0 aliphatic carbocycles. The van der Waals surface area contributed by atoms with Crippen LogP contribution < -0.4 is 0 Å². The normalized spacial score (nSPS) is 11.1. The number of aromatic nitrogens is 1. The van der Waals surface area contributed by atoms with Crippen LogP contribution in [0.4, 0.5) is 0 Å². The monoisotopic (exact) mass is 333 g/mol. The van der Waals surface area contributed by atoms with E-state index in [9.17, 15) is 4.79 Å². The lowest BCUT2D eigenvalue weighted by Crippen LogP contribution is -2.05. The van der Waals surface area contributed by atoms with E-state index >= 15 is 0 Å². The van der Waals surface area contributed by atoms with Crippen LogP contribution in [0.2, 0.25) is 0 Å². The Labute approximate surface area is 123 Å². The number of nitrogens with zero attached hydrogens (tertiary/aromatic N) is 1. The molecule has 0 aliphatic heterocycles. The molecule has 3 rings (SSSR count). The van der Waals surface area contributed by atoms with E-state index in [0.29, 0.717) is 12.1 Å². The number of carbonyl (C=O) groups is 1. The van der Waals surface area contributed by atoms with E-state index in [1.165, 1.54) is 6.26 Å². The lowest BCUT2D eigenvalue weighted by atomic mass is 10.2. The SMILES string of the molecule is Cc1c(Br)c2ccccc2n1Cc1ccoc1C(=O)O. The fourth-order valence-electron chi connectivity index (χ4n) is 2.41. The molecule has 0 fully saturated rings. The Morgan fingerprint density at radius 1 is 1.35 bits per heavy atom. The van der Waals surface area contributed by atoms with Crippen molar-refractivity contribution in [1.29, 1.82) is 0 Å². The quantitative estimate of drug-likeness (QED) is 0.786. The number of fused-ring (bicyclic) bond motifs is 1. The molecule has 0 aliphatic rings. The van der Waals surface area contributed by atoms with Crippen molar-refractivity contribution in [2.45, 2.75) is 13.5 Å². The van der Waals surface area contributed by atoms with Crippen molar-refractivity contribution < 1.29 is 14.3 Å². The molecule has 0 unspecified atom stereocenters. The summed E-state index contributed by atoms with van der Waals surface area (Å²) in [6.07, 6.45) is 1.41. The molecule has 20 heavy (non-hydrogen) atoms. The first-order valence-electron chi connectivity index (χ1n) is 6.12. The van der Waals surface area contributed by atoms with Crippen LogP contribution in [0.1, 0.15) is 21.8 Å². The van der Waals surface area contributed by atoms with Crippen molar-refractivity contribution in [3.05, 3.63) is 58.1 Å². The van der Waals surface area contributed by atoms with E-state index < -0.39 is 5.97 Å². The fraction of sp³-hybridized carbons (Fsp3) is 0.133. The summed E-state index contributed by atoms with van der Waals surface area (Å²) in [5.41, 5.74) is 2.78. The first-order valence-corrected chi connectivity index (χ1v) is 6.92. The predicted molar refractivity (Wildman–Crippen MR) is 79.1 cm³/mol. The zero-order valence-electron chi connectivity index (χ0n) is 10.8. The van der Waals surface area contributed by atoms with Gasteiger partial charge in [-0.3, -0.25) is 0 Å². The van der Waals surface area contributed by atoms with Gasteiger partial charge in [-0.2, -0.15) is 0 Å². The third-order valence-electron chi connectivity index (χ3n) is 3.42. The molecule has 2 heterocycles. The van der Waals surface area contributed by atoms with Crippen molar-refractivity contribution in [1.82, 2.24) is 4.57 Å². The van der Waals surface area contributed by atoms with Crippen molar-refractivity contribution in [3.8, 4) is 0 Å². The average molecular weight is 334 g/mol. The zero-order valence-corrected chi connectivity index (χ0v) is 12.3. The molecule has 1 N–H and O–H groups in total. The van der Waals surface area contributed by atoms with Crippen LogP contribution in [0, 0.1) is 6.92 Å². The lowest BCUT2D eigenvalue weighted by Gasteiger charge is -2.07. The highest BCUT2D eigenvalue weighted by atomic mass is 79.9. The molecular formula is C15H12BrNO3. The molecule has 3 aromatic rings. The van der Waals surface area contributed by atoms with Gasteiger partial charge in [-0.05, 0) is 35.0 Å². The van der Waals surface area contributed by atoms with Gasteiger partial charge in [0.25, 0.3) is 0 Å². The Morgan fingerprint density at radius 2 is 2.10 bits per heavy atom. The van der Waals surface area contributed by atoms with E-state index in [4.69, 9.17) is 9.52 Å². The maximum atomic E-state index is 11.1. The number of para-hydroxylation sites is 1. The number of halogens is 1. The minimum Gasteiger partial charge on any atom is -0.475 e. The van der Waals surface area contributed by atoms with Crippen molar-refractivity contribution in [3.63, 3.8) is 0 Å². The summed E-state index contributed by atoms with van der Waals surface area (Å²) in [5.74, 6) is -1.04. The highest BCUT2D eigenvalue weighted by Gasteiger charge is 2.17. The molecule has 0 atom stereocenters. The minimum atomic E-state index is -1.04. The van der Waals surface area contributed by atoms with E-state index in [2.05, 4.69) is 20.5 Å². The summed E-state index contributed by atoms with van der Waals surface area (Å²) in [6.45, 7) is 2.47. The number of hydrogen-bond acceptors (Lipinski definition) is 2. The second-order valence-electron chi connectivity index (χ2n) is 4.58. The topological polar surface area (TPSA) is 55.4 Å². The van der Waals surface area contributed by atoms with Gasteiger partial charge in [0.05, 0.1) is 12.8 Å². The van der Waals surface area contributed by atoms with Gasteiger partial charge >= 0.3 is 5.97 Å². The third-order valence-corrected chi connectivity index (χ3v) is 4.42. The fourth-order valence-corrected chi connectivity index (χ4v) is 2.96. The van der Waals surface area contributed by atoms with Crippen LogP contribution in [-0.4, -0.2) is 15.6 Å². The first kappa shape index (κ1) is 13.0. The molecule has 0 radical (unpaired) electrons. The molecular weight excluding hydrogens is 322 g/mol. The second-order valence-corrected chi connectivity index (χ2v) is 5.38. The van der Waals surface area contributed by atoms with E-state index in [1.54, 1.807) is 6.07 Å². The predicted octanol–water partition coefficient (Wildman–Crippen LogP) is 4.05. The lowest BCUT2D eigenvalue weighted by molar-refractivity contribution is 0.0660. The molecule has 0 saturated heterocycles. The second kappa shape index (κ2) is 4.83. The van der Waals surface area contributed by atoms with Crippen LogP contribution in [0.5, 0.6) is 0 Å². The number of furan rings is 1. The number of carboxylic acid groups (broad SMARTS) is 1. The van der Waals surface area contributed by atoms with Crippen LogP contribution >= 0.6 is 15.9 Å². The van der Waals surface area contributed by atoms with Crippen molar-refractivity contribution >= 4 is 32.8 Å². The summed E-state index contributed by atoms with van der Waals surface area (Å²) in [6, 6.07) is 9.71. The maximum Gasteiger partial charge on any atom is 0.372 e. The highest BCUT2D eigenvalue weighted by Crippen LogP contribution is 2.31. The van der Waals surface area contributed by atoms with Gasteiger partial charge in [0, 0.05) is 26.6 Å². The Bertz CT molecular complexity index is 801. The van der Waals surface area contributed by atoms with Crippen LogP contribution in [-0.2, 0) is 6.54 Å². The number of aromatic carboxylic acids is 1. The molecule has 102 valence electrons. The molecule has 0 bridgehead atoms. The maximum absolute atomic E-state index is 11.1. The molecule has 0 amide bonds. The van der Waals surface area contributed by atoms with E-state index in [-0.39, 0.29) is 5.76 Å². The van der Waals surface area contributed by atoms with Crippen molar-refractivity contribution in [2.75, 3.05) is 0 Å². The molecule has 0 saturated carbocycles. The Hall–Kier alpha value is -2.01. The van der Waals surface area contributed by atoms with Gasteiger partial charge < -0.3 is 14.1 Å². The van der Waals surface area contributed by atoms with E-state index in [1.807, 2.05) is 31.2 Å². The molecule has 4 nitrogen and oxygen atoms in total.